The highest BCUT2D eigenvalue weighted by atomic mass is 16.2. The molecule has 9 heteroatoms. The van der Waals surface area contributed by atoms with Gasteiger partial charge in [0.25, 0.3) is 5.91 Å². The minimum Gasteiger partial charge on any atom is -0.337 e. The first-order chi connectivity index (χ1) is 18.6. The fourth-order valence-corrected chi connectivity index (χ4v) is 5.21. The summed E-state index contributed by atoms with van der Waals surface area (Å²) in [7, 11) is 0. The summed E-state index contributed by atoms with van der Waals surface area (Å²) in [5.74, 6) is 0.823. The van der Waals surface area contributed by atoms with Gasteiger partial charge in [-0.1, -0.05) is 19.1 Å². The topological polar surface area (TPSA) is 115 Å². The van der Waals surface area contributed by atoms with Crippen molar-refractivity contribution in [1.82, 2.24) is 40.3 Å². The van der Waals surface area contributed by atoms with Crippen LogP contribution in [0.4, 0.5) is 0 Å². The number of fused-ring (bicyclic) bond motifs is 1. The van der Waals surface area contributed by atoms with Crippen LogP contribution >= 0.6 is 0 Å². The van der Waals surface area contributed by atoms with Gasteiger partial charge in [-0.15, -0.1) is 0 Å². The molecule has 5 aromatic rings. The molecule has 1 aliphatic rings. The van der Waals surface area contributed by atoms with Crippen molar-refractivity contribution in [2.75, 3.05) is 19.6 Å². The first-order valence-electron chi connectivity index (χ1n) is 13.0. The number of nitrogens with zero attached hydrogens (tertiary/aromatic N) is 5. The molecule has 1 fully saturated rings. The predicted octanol–water partition coefficient (Wildman–Crippen LogP) is 4.46. The molecule has 38 heavy (non-hydrogen) atoms. The Balaban J connectivity index is 1.26. The number of carbonyl (C=O) groups is 1. The molecule has 0 aliphatic carbocycles. The molecule has 0 spiro atoms. The number of likely N-dealkylation sites (tertiary alicyclic amines) is 1. The Morgan fingerprint density at radius 1 is 1.16 bits per heavy atom. The highest BCUT2D eigenvalue weighted by molar-refractivity contribution is 5.96. The summed E-state index contributed by atoms with van der Waals surface area (Å²) < 4.78 is 0. The maximum Gasteiger partial charge on any atom is 0.271 e. The Kier molecular flexibility index (Phi) is 6.43. The average molecular weight is 507 g/mol. The highest BCUT2D eigenvalue weighted by Crippen LogP contribution is 2.32. The van der Waals surface area contributed by atoms with Crippen molar-refractivity contribution in [2.45, 2.75) is 32.7 Å². The van der Waals surface area contributed by atoms with Crippen molar-refractivity contribution in [1.29, 1.82) is 0 Å². The number of hydrogen-bond acceptors (Lipinski definition) is 6. The SMILES string of the molecule is CCNCc1cncc(-c2ccc3[nH]nc(-c4ncc(C(=O)N5CCC(c6cccnc6)C5)[nH]4)c3c2)c1C. The van der Waals surface area contributed by atoms with E-state index in [0.29, 0.717) is 36.2 Å². The number of pyridine rings is 2. The Labute approximate surface area is 220 Å². The molecule has 0 radical (unpaired) electrons. The number of aromatic amines is 2. The Hall–Kier alpha value is -4.37. The Morgan fingerprint density at radius 2 is 2.08 bits per heavy atom. The third-order valence-electron chi connectivity index (χ3n) is 7.42. The summed E-state index contributed by atoms with van der Waals surface area (Å²) in [6, 6.07) is 10.2. The number of amides is 1. The van der Waals surface area contributed by atoms with E-state index < -0.39 is 0 Å². The number of nitrogens with one attached hydrogen (secondary N) is 3. The zero-order chi connectivity index (χ0) is 26.1. The average Bonchev–Trinajstić information content (AvgIpc) is 3.72. The first kappa shape index (κ1) is 24.0. The maximum atomic E-state index is 13.3. The van der Waals surface area contributed by atoms with Gasteiger partial charge in [0.1, 0.15) is 11.4 Å². The van der Waals surface area contributed by atoms with E-state index in [4.69, 9.17) is 0 Å². The number of aromatic nitrogens is 6. The van der Waals surface area contributed by atoms with Gasteiger partial charge in [0.15, 0.2) is 5.82 Å². The van der Waals surface area contributed by atoms with Crippen molar-refractivity contribution in [3.05, 3.63) is 83.7 Å². The van der Waals surface area contributed by atoms with Gasteiger partial charge < -0.3 is 15.2 Å². The van der Waals surface area contributed by atoms with Gasteiger partial charge in [-0.3, -0.25) is 19.9 Å². The molecule has 0 bridgehead atoms. The maximum absolute atomic E-state index is 13.3. The van der Waals surface area contributed by atoms with Crippen LogP contribution in [-0.2, 0) is 6.54 Å². The van der Waals surface area contributed by atoms with E-state index in [1.54, 1.807) is 12.4 Å². The van der Waals surface area contributed by atoms with Gasteiger partial charge in [0, 0.05) is 61.3 Å². The molecule has 1 aliphatic heterocycles. The molecule has 4 aromatic heterocycles. The minimum atomic E-state index is -0.0464. The van der Waals surface area contributed by atoms with E-state index in [0.717, 1.165) is 41.5 Å². The molecule has 192 valence electrons. The predicted molar refractivity (Wildman–Crippen MR) is 147 cm³/mol. The molecule has 1 unspecified atom stereocenters. The van der Waals surface area contributed by atoms with Crippen molar-refractivity contribution in [3.8, 4) is 22.6 Å². The lowest BCUT2D eigenvalue weighted by molar-refractivity contribution is 0.0785. The van der Waals surface area contributed by atoms with Crippen molar-refractivity contribution in [2.24, 2.45) is 0 Å². The van der Waals surface area contributed by atoms with Crippen LogP contribution in [0.15, 0.2) is 61.3 Å². The monoisotopic (exact) mass is 506 g/mol. The summed E-state index contributed by atoms with van der Waals surface area (Å²) in [4.78, 5) is 31.6. The zero-order valence-electron chi connectivity index (χ0n) is 21.5. The fourth-order valence-electron chi connectivity index (χ4n) is 5.21. The van der Waals surface area contributed by atoms with Crippen molar-refractivity contribution < 1.29 is 4.79 Å². The molecule has 6 rings (SSSR count). The smallest absolute Gasteiger partial charge is 0.271 e. The van der Waals surface area contributed by atoms with Gasteiger partial charge in [0.2, 0.25) is 0 Å². The van der Waals surface area contributed by atoms with Gasteiger partial charge in [0.05, 0.1) is 11.7 Å². The van der Waals surface area contributed by atoms with E-state index in [2.05, 4.69) is 67.5 Å². The largest absolute Gasteiger partial charge is 0.337 e. The summed E-state index contributed by atoms with van der Waals surface area (Å²) in [5.41, 5.74) is 7.75. The molecule has 1 amide bonds. The second-order valence-corrected chi connectivity index (χ2v) is 9.75. The Bertz CT molecular complexity index is 1590. The van der Waals surface area contributed by atoms with E-state index in [9.17, 15) is 4.79 Å². The number of benzene rings is 1. The molecule has 3 N–H and O–H groups in total. The lowest BCUT2D eigenvalue weighted by atomic mass is 9.98. The molecule has 5 heterocycles. The third kappa shape index (κ3) is 4.45. The van der Waals surface area contributed by atoms with Gasteiger partial charge in [-0.25, -0.2) is 4.98 Å². The molecule has 0 saturated carbocycles. The minimum absolute atomic E-state index is 0.0464. The zero-order valence-corrected chi connectivity index (χ0v) is 21.5. The molecular weight excluding hydrogens is 476 g/mol. The number of hydrogen-bond donors (Lipinski definition) is 3. The van der Waals surface area contributed by atoms with Crippen LogP contribution in [0, 0.1) is 6.92 Å². The van der Waals surface area contributed by atoms with Crippen LogP contribution in [0.3, 0.4) is 0 Å². The van der Waals surface area contributed by atoms with E-state index in [1.165, 1.54) is 16.7 Å². The Morgan fingerprint density at radius 3 is 2.92 bits per heavy atom. The van der Waals surface area contributed by atoms with Crippen LogP contribution in [0.5, 0.6) is 0 Å². The second-order valence-electron chi connectivity index (χ2n) is 9.75. The lowest BCUT2D eigenvalue weighted by Crippen LogP contribution is -2.28. The van der Waals surface area contributed by atoms with E-state index >= 15 is 0 Å². The lowest BCUT2D eigenvalue weighted by Gasteiger charge is -2.15. The number of imidazole rings is 1. The van der Waals surface area contributed by atoms with Gasteiger partial charge in [-0.05, 0) is 60.3 Å². The number of rotatable bonds is 7. The quantitative estimate of drug-likeness (QED) is 0.300. The first-order valence-corrected chi connectivity index (χ1v) is 13.0. The van der Waals surface area contributed by atoms with Gasteiger partial charge in [-0.2, -0.15) is 5.10 Å². The molecule has 1 saturated heterocycles. The molecule has 9 nitrogen and oxygen atoms in total. The fraction of sp³-hybridized carbons (Fsp3) is 0.276. The van der Waals surface area contributed by atoms with E-state index in [-0.39, 0.29) is 5.91 Å². The van der Waals surface area contributed by atoms with Crippen molar-refractivity contribution >= 4 is 16.8 Å². The van der Waals surface area contributed by atoms with Gasteiger partial charge >= 0.3 is 0 Å². The normalized spacial score (nSPS) is 15.4. The molecular formula is C29H30N8O. The van der Waals surface area contributed by atoms with Crippen LogP contribution in [-0.4, -0.2) is 60.6 Å². The number of carbonyl (C=O) groups excluding carboxylic acids is 1. The van der Waals surface area contributed by atoms with Crippen molar-refractivity contribution in [3.63, 3.8) is 0 Å². The standard InChI is InChI=1S/C29H30N8O/c1-3-30-13-22-14-32-15-24(18(22)2)19-6-7-25-23(11-19)27(36-35-25)28-33-16-26(34-28)29(38)37-10-8-21(17-37)20-5-4-9-31-12-20/h4-7,9,11-12,14-16,21,30H,3,8,10,13,17H2,1-2H3,(H,33,34)(H,35,36). The summed E-state index contributed by atoms with van der Waals surface area (Å²) >= 11 is 0. The second kappa shape index (κ2) is 10.2. The van der Waals surface area contributed by atoms with Crippen LogP contribution in [0.1, 0.15) is 46.4 Å². The molecule has 1 atom stereocenters. The van der Waals surface area contributed by atoms with Crippen LogP contribution < -0.4 is 5.32 Å². The summed E-state index contributed by atoms with van der Waals surface area (Å²) in [6.07, 6.45) is 10.0. The van der Waals surface area contributed by atoms with Crippen LogP contribution in [0.2, 0.25) is 0 Å². The summed E-state index contributed by atoms with van der Waals surface area (Å²) in [5, 5.41) is 11.9. The third-order valence-corrected chi connectivity index (χ3v) is 7.42. The molecule has 1 aromatic carbocycles. The number of H-pyrrole nitrogens is 2. The van der Waals surface area contributed by atoms with Crippen LogP contribution in [0.25, 0.3) is 33.5 Å². The summed E-state index contributed by atoms with van der Waals surface area (Å²) in [6.45, 7) is 7.30. The van der Waals surface area contributed by atoms with E-state index in [1.807, 2.05) is 35.6 Å². The highest BCUT2D eigenvalue weighted by Gasteiger charge is 2.29.